The number of carbonyl (C=O) groups excluding carboxylic acids is 1. The minimum absolute atomic E-state index is 0.0687. The van der Waals surface area contributed by atoms with E-state index in [0.717, 1.165) is 17.0 Å². The molecule has 2 heterocycles. The van der Waals surface area contributed by atoms with Crippen molar-refractivity contribution in [2.75, 3.05) is 11.4 Å². The molecule has 1 aliphatic heterocycles. The second-order valence-electron chi connectivity index (χ2n) is 5.31. The van der Waals surface area contributed by atoms with Gasteiger partial charge in [0.05, 0.1) is 17.5 Å². The zero-order chi connectivity index (χ0) is 15.8. The van der Waals surface area contributed by atoms with E-state index in [0.29, 0.717) is 23.6 Å². The molecule has 1 aliphatic rings. The second-order valence-corrected chi connectivity index (χ2v) is 5.31. The number of benzene rings is 2. The fraction of sp³-hybridized carbons (Fsp3) is 0.105. The number of hydrogen-bond donors (Lipinski definition) is 0. The normalized spacial score (nSPS) is 13.1. The van der Waals surface area contributed by atoms with E-state index in [9.17, 15) is 4.79 Å². The lowest BCUT2D eigenvalue weighted by Gasteiger charge is -2.19. The maximum Gasteiger partial charge on any atom is 0.262 e. The van der Waals surface area contributed by atoms with Gasteiger partial charge in [-0.25, -0.2) is 0 Å². The van der Waals surface area contributed by atoms with Gasteiger partial charge in [-0.2, -0.15) is 0 Å². The van der Waals surface area contributed by atoms with Gasteiger partial charge in [-0.1, -0.05) is 12.1 Å². The van der Waals surface area contributed by atoms with Gasteiger partial charge in [0.15, 0.2) is 5.75 Å². The number of furan rings is 1. The van der Waals surface area contributed by atoms with Crippen molar-refractivity contribution in [2.45, 2.75) is 6.92 Å². The summed E-state index contributed by atoms with van der Waals surface area (Å²) >= 11 is 0. The number of hydrogen-bond acceptors (Lipinski definition) is 3. The van der Waals surface area contributed by atoms with Crippen molar-refractivity contribution in [3.05, 3.63) is 66.4 Å². The van der Waals surface area contributed by atoms with Gasteiger partial charge in [-0.15, -0.1) is 0 Å². The Kier molecular flexibility index (Phi) is 3.15. The summed E-state index contributed by atoms with van der Waals surface area (Å²) in [6.45, 7) is 2.53. The molecule has 0 fully saturated rings. The third kappa shape index (κ3) is 2.19. The maximum atomic E-state index is 13.0. The first-order chi connectivity index (χ1) is 11.3. The molecule has 0 saturated heterocycles. The molecule has 0 aliphatic carbocycles. The van der Waals surface area contributed by atoms with E-state index < -0.39 is 0 Å². The molecular formula is C19H15NO3. The monoisotopic (exact) mass is 305 g/mol. The number of anilines is 1. The molecule has 1 amide bonds. The van der Waals surface area contributed by atoms with E-state index in [1.165, 1.54) is 0 Å². The molecule has 4 heteroatoms. The van der Waals surface area contributed by atoms with Gasteiger partial charge in [-0.3, -0.25) is 4.79 Å². The Hall–Kier alpha value is -3.01. The highest BCUT2D eigenvalue weighted by Gasteiger charge is 2.27. The number of amides is 1. The molecule has 0 radical (unpaired) electrons. The number of ether oxygens (including phenoxy) is 1. The maximum absolute atomic E-state index is 13.0. The van der Waals surface area contributed by atoms with Crippen LogP contribution in [0, 0.1) is 0 Å². The lowest BCUT2D eigenvalue weighted by atomic mass is 10.1. The Morgan fingerprint density at radius 1 is 1.00 bits per heavy atom. The Labute approximate surface area is 133 Å². The number of nitrogens with zero attached hydrogens (tertiary/aromatic N) is 1. The third-order valence-corrected chi connectivity index (χ3v) is 3.95. The fourth-order valence-corrected chi connectivity index (χ4v) is 2.84. The highest BCUT2D eigenvalue weighted by atomic mass is 16.5. The molecule has 0 saturated carbocycles. The number of fused-ring (bicyclic) bond motifs is 2. The van der Waals surface area contributed by atoms with Crippen LogP contribution in [0.15, 0.2) is 65.3 Å². The SMILES string of the molecule is CCN1C(=O)c2cc(-c3ccco3)ccc2Oc2ccccc21. The Balaban J connectivity index is 1.88. The average Bonchev–Trinajstić information content (AvgIpc) is 3.08. The van der Waals surface area contributed by atoms with Crippen LogP contribution < -0.4 is 9.64 Å². The van der Waals surface area contributed by atoms with Gasteiger partial charge in [0.25, 0.3) is 5.91 Å². The first kappa shape index (κ1) is 13.6. The minimum atomic E-state index is -0.0687. The zero-order valence-electron chi connectivity index (χ0n) is 12.7. The molecule has 2 aromatic carbocycles. The topological polar surface area (TPSA) is 42.7 Å². The number of rotatable bonds is 2. The van der Waals surface area contributed by atoms with E-state index in [4.69, 9.17) is 9.15 Å². The van der Waals surface area contributed by atoms with Crippen LogP contribution in [0.1, 0.15) is 17.3 Å². The highest BCUT2D eigenvalue weighted by Crippen LogP contribution is 2.39. The van der Waals surface area contributed by atoms with Crippen LogP contribution in [0.5, 0.6) is 11.5 Å². The summed E-state index contributed by atoms with van der Waals surface area (Å²) in [5.74, 6) is 1.91. The quantitative estimate of drug-likeness (QED) is 0.688. The number of para-hydroxylation sites is 2. The smallest absolute Gasteiger partial charge is 0.262 e. The van der Waals surface area contributed by atoms with Crippen LogP contribution in [-0.4, -0.2) is 12.5 Å². The Bertz CT molecular complexity index is 868. The van der Waals surface area contributed by atoms with E-state index in [1.54, 1.807) is 11.2 Å². The lowest BCUT2D eigenvalue weighted by molar-refractivity contribution is 0.0988. The van der Waals surface area contributed by atoms with Crippen LogP contribution in [0.2, 0.25) is 0 Å². The first-order valence-corrected chi connectivity index (χ1v) is 7.54. The van der Waals surface area contributed by atoms with E-state index in [2.05, 4.69) is 0 Å². The molecule has 0 spiro atoms. The lowest BCUT2D eigenvalue weighted by Crippen LogP contribution is -2.29. The van der Waals surface area contributed by atoms with Crippen LogP contribution >= 0.6 is 0 Å². The van der Waals surface area contributed by atoms with Gasteiger partial charge in [0.1, 0.15) is 11.5 Å². The summed E-state index contributed by atoms with van der Waals surface area (Å²) in [5.41, 5.74) is 2.18. The van der Waals surface area contributed by atoms with Crippen LogP contribution in [-0.2, 0) is 0 Å². The fourth-order valence-electron chi connectivity index (χ4n) is 2.84. The molecule has 114 valence electrons. The standard InChI is InChI=1S/C19H15NO3/c1-2-20-15-6-3-4-7-18(15)23-17-10-9-13(12-14(17)19(20)21)16-8-5-11-22-16/h3-12H,2H2,1H3. The van der Waals surface area contributed by atoms with E-state index in [1.807, 2.05) is 61.5 Å². The van der Waals surface area contributed by atoms with Crippen LogP contribution in [0.3, 0.4) is 0 Å². The van der Waals surface area contributed by atoms with Crippen molar-refractivity contribution in [3.8, 4) is 22.8 Å². The zero-order valence-corrected chi connectivity index (χ0v) is 12.7. The molecule has 0 unspecified atom stereocenters. The van der Waals surface area contributed by atoms with E-state index >= 15 is 0 Å². The number of carbonyl (C=O) groups is 1. The summed E-state index contributed by atoms with van der Waals surface area (Å²) in [4.78, 5) is 14.7. The second kappa shape index (κ2) is 5.32. The Morgan fingerprint density at radius 2 is 1.87 bits per heavy atom. The Morgan fingerprint density at radius 3 is 2.65 bits per heavy atom. The highest BCUT2D eigenvalue weighted by molar-refractivity contribution is 6.10. The molecule has 4 nitrogen and oxygen atoms in total. The summed E-state index contributed by atoms with van der Waals surface area (Å²) in [6, 6.07) is 16.8. The van der Waals surface area contributed by atoms with Crippen LogP contribution in [0.4, 0.5) is 5.69 Å². The molecule has 0 N–H and O–H groups in total. The summed E-state index contributed by atoms with van der Waals surface area (Å²) in [6.07, 6.45) is 1.62. The molecule has 0 bridgehead atoms. The summed E-state index contributed by atoms with van der Waals surface area (Å²) in [7, 11) is 0. The van der Waals surface area contributed by atoms with Gasteiger partial charge in [0.2, 0.25) is 0 Å². The van der Waals surface area contributed by atoms with Crippen molar-refractivity contribution in [2.24, 2.45) is 0 Å². The molecular weight excluding hydrogens is 290 g/mol. The van der Waals surface area contributed by atoms with Gasteiger partial charge >= 0.3 is 0 Å². The molecule has 4 rings (SSSR count). The predicted octanol–water partition coefficient (Wildman–Crippen LogP) is 4.72. The van der Waals surface area contributed by atoms with Crippen molar-refractivity contribution >= 4 is 11.6 Å². The van der Waals surface area contributed by atoms with Crippen molar-refractivity contribution < 1.29 is 13.9 Å². The van der Waals surface area contributed by atoms with Gasteiger partial charge in [-0.05, 0) is 49.4 Å². The minimum Gasteiger partial charge on any atom is -0.464 e. The van der Waals surface area contributed by atoms with Crippen LogP contribution in [0.25, 0.3) is 11.3 Å². The molecule has 1 aromatic heterocycles. The van der Waals surface area contributed by atoms with Gasteiger partial charge in [0, 0.05) is 12.1 Å². The molecule has 23 heavy (non-hydrogen) atoms. The van der Waals surface area contributed by atoms with Gasteiger partial charge < -0.3 is 14.1 Å². The summed E-state index contributed by atoms with van der Waals surface area (Å²) < 4.78 is 11.4. The average molecular weight is 305 g/mol. The van der Waals surface area contributed by atoms with Crippen molar-refractivity contribution in [1.29, 1.82) is 0 Å². The molecule has 0 atom stereocenters. The van der Waals surface area contributed by atoms with Crippen molar-refractivity contribution in [3.63, 3.8) is 0 Å². The molecule has 3 aromatic rings. The first-order valence-electron chi connectivity index (χ1n) is 7.54. The van der Waals surface area contributed by atoms with E-state index in [-0.39, 0.29) is 5.91 Å². The van der Waals surface area contributed by atoms with Crippen molar-refractivity contribution in [1.82, 2.24) is 0 Å². The predicted molar refractivity (Wildman–Crippen MR) is 88.0 cm³/mol. The summed E-state index contributed by atoms with van der Waals surface area (Å²) in [5, 5.41) is 0. The third-order valence-electron chi connectivity index (χ3n) is 3.95. The largest absolute Gasteiger partial charge is 0.464 e.